The molecular weight excluding hydrogens is 519 g/mol. The van der Waals surface area contributed by atoms with Crippen LogP contribution in [0.4, 0.5) is 0 Å². The van der Waals surface area contributed by atoms with Gasteiger partial charge in [0.15, 0.2) is 18.0 Å². The Hall–Kier alpha value is -1.70. The lowest BCUT2D eigenvalue weighted by atomic mass is 9.45. The summed E-state index contributed by atoms with van der Waals surface area (Å²) in [6.07, 6.45) is 6.18. The van der Waals surface area contributed by atoms with Gasteiger partial charge in [-0.05, 0) is 49.7 Å². The van der Waals surface area contributed by atoms with E-state index in [1.54, 1.807) is 19.9 Å². The molecule has 0 aromatic rings. The van der Waals surface area contributed by atoms with Crippen molar-refractivity contribution >= 4 is 47.5 Å². The Morgan fingerprint density at radius 2 is 1.78 bits per heavy atom. The molecule has 3 saturated carbocycles. The Kier molecular flexibility index (Phi) is 8.17. The summed E-state index contributed by atoms with van der Waals surface area (Å²) in [7, 11) is 0. The highest BCUT2D eigenvalue weighted by Crippen LogP contribution is 2.72. The van der Waals surface area contributed by atoms with Crippen molar-refractivity contribution in [2.45, 2.75) is 89.7 Å². The minimum absolute atomic E-state index is 0. The second-order valence-corrected chi connectivity index (χ2v) is 12.0. The van der Waals surface area contributed by atoms with Crippen molar-refractivity contribution in [1.29, 1.82) is 0 Å². The third-order valence-corrected chi connectivity index (χ3v) is 10.7. The molecule has 0 unspecified atom stereocenters. The number of hydrogen-bond donors (Lipinski definition) is 1. The van der Waals surface area contributed by atoms with Crippen LogP contribution in [0.2, 0.25) is 0 Å². The van der Waals surface area contributed by atoms with Gasteiger partial charge in [-0.1, -0.05) is 46.3 Å². The molecule has 8 atom stereocenters. The van der Waals surface area contributed by atoms with Crippen molar-refractivity contribution in [3.05, 3.63) is 23.8 Å². The summed E-state index contributed by atoms with van der Waals surface area (Å²) < 4.78 is 11.3. The van der Waals surface area contributed by atoms with Crippen molar-refractivity contribution in [3.63, 3.8) is 0 Å². The molecule has 9 heteroatoms. The molecule has 37 heavy (non-hydrogen) atoms. The van der Waals surface area contributed by atoms with Gasteiger partial charge in [0.2, 0.25) is 5.78 Å². The number of hydrogen-bond acceptors (Lipinski definition) is 7. The van der Waals surface area contributed by atoms with Gasteiger partial charge in [0.25, 0.3) is 0 Å². The second-order valence-electron chi connectivity index (χ2n) is 11.4. The fourth-order valence-electron chi connectivity index (χ4n) is 8.01. The van der Waals surface area contributed by atoms with Crippen LogP contribution in [-0.4, -0.2) is 51.8 Å². The highest BCUT2D eigenvalue weighted by molar-refractivity contribution is 6.26. The van der Waals surface area contributed by atoms with Gasteiger partial charge in [-0.15, -0.1) is 24.0 Å². The van der Waals surface area contributed by atoms with Crippen LogP contribution in [-0.2, 0) is 28.7 Å². The molecule has 4 aliphatic carbocycles. The maximum atomic E-state index is 13.9. The van der Waals surface area contributed by atoms with E-state index in [0.717, 1.165) is 5.57 Å². The second kappa shape index (κ2) is 10.1. The topological polar surface area (TPSA) is 107 Å². The van der Waals surface area contributed by atoms with Crippen LogP contribution in [0, 0.1) is 28.6 Å². The molecule has 0 radical (unpaired) electrons. The van der Waals surface area contributed by atoms with Crippen molar-refractivity contribution in [3.8, 4) is 0 Å². The van der Waals surface area contributed by atoms with E-state index in [1.807, 2.05) is 26.8 Å². The average molecular weight is 558 g/mol. The highest BCUT2D eigenvalue weighted by atomic mass is 35.5. The maximum absolute atomic E-state index is 13.9. The Morgan fingerprint density at radius 3 is 2.41 bits per heavy atom. The van der Waals surface area contributed by atoms with Gasteiger partial charge in [-0.2, -0.15) is 0 Å². The Balaban J connectivity index is 0.00000380. The molecule has 4 aliphatic rings. The maximum Gasteiger partial charge on any atom is 0.306 e. The van der Waals surface area contributed by atoms with Crippen LogP contribution in [0.5, 0.6) is 0 Å². The number of carbonyl (C=O) groups excluding carboxylic acids is 4. The molecule has 0 aliphatic heterocycles. The van der Waals surface area contributed by atoms with Crippen LogP contribution in [0.25, 0.3) is 0 Å². The Labute approximate surface area is 229 Å². The summed E-state index contributed by atoms with van der Waals surface area (Å²) in [5.41, 5.74) is -2.27. The molecule has 0 saturated heterocycles. The highest BCUT2D eigenvalue weighted by Gasteiger charge is 2.76. The SMILES string of the molecule is CCC(=O)OCC(=O)[C@@]1(OC(=O)CC)[C@@H](C)C[C@H]2[C@@H]3CCC4=CC(=O)C=C[C@]4(C)[C@@]3(Cl)[C@@H](O)C[C@@]21C.Cl. The van der Waals surface area contributed by atoms with Crippen molar-refractivity contribution in [2.24, 2.45) is 28.6 Å². The number of allylic oxidation sites excluding steroid dienone is 4. The van der Waals surface area contributed by atoms with Crippen molar-refractivity contribution in [2.75, 3.05) is 6.61 Å². The van der Waals surface area contributed by atoms with Crippen LogP contribution < -0.4 is 0 Å². The number of aliphatic hydroxyl groups excluding tert-OH is 1. The first-order chi connectivity index (χ1) is 16.8. The van der Waals surface area contributed by atoms with E-state index < -0.39 is 51.7 Å². The first-order valence-electron chi connectivity index (χ1n) is 13.0. The number of esters is 2. The molecule has 0 aromatic heterocycles. The van der Waals surface area contributed by atoms with Crippen LogP contribution in [0.1, 0.15) is 73.1 Å². The van der Waals surface area contributed by atoms with E-state index in [2.05, 4.69) is 0 Å². The summed E-state index contributed by atoms with van der Waals surface area (Å²) in [4.78, 5) is 49.5. The molecule has 0 amide bonds. The number of carbonyl (C=O) groups is 4. The number of ketones is 2. The molecule has 3 fully saturated rings. The minimum Gasteiger partial charge on any atom is -0.457 e. The summed E-state index contributed by atoms with van der Waals surface area (Å²) in [5.74, 6) is -2.24. The van der Waals surface area contributed by atoms with E-state index >= 15 is 0 Å². The summed E-state index contributed by atoms with van der Waals surface area (Å²) in [6, 6.07) is 0. The summed E-state index contributed by atoms with van der Waals surface area (Å²) in [6.45, 7) is 8.61. The number of fused-ring (bicyclic) bond motifs is 5. The summed E-state index contributed by atoms with van der Waals surface area (Å²) in [5, 5.41) is 11.8. The molecule has 0 bridgehead atoms. The number of rotatable bonds is 6. The van der Waals surface area contributed by atoms with Crippen LogP contribution in [0.3, 0.4) is 0 Å². The Bertz CT molecular complexity index is 1050. The van der Waals surface area contributed by atoms with Gasteiger partial charge in [0.05, 0.1) is 11.0 Å². The first-order valence-corrected chi connectivity index (χ1v) is 13.4. The fourth-order valence-corrected chi connectivity index (χ4v) is 8.53. The lowest BCUT2D eigenvalue weighted by Crippen LogP contribution is -2.69. The van der Waals surface area contributed by atoms with E-state index in [1.165, 1.54) is 6.08 Å². The van der Waals surface area contributed by atoms with Crippen LogP contribution in [0.15, 0.2) is 23.8 Å². The Morgan fingerprint density at radius 1 is 1.14 bits per heavy atom. The minimum atomic E-state index is -1.55. The van der Waals surface area contributed by atoms with E-state index in [-0.39, 0.29) is 55.2 Å². The van der Waals surface area contributed by atoms with Gasteiger partial charge in [-0.3, -0.25) is 19.2 Å². The molecular formula is C28H38Cl2O7. The standard InChI is InChI=1S/C28H37ClO7.ClH/c1-6-23(33)35-15-22(32)28(36-24(34)7-2)16(3)12-20-19-9-8-17-13-18(30)10-11-25(17,4)27(19,29)21(31)14-26(20,28)5;/h10-11,13,16,19-21,31H,6-9,12,14-15H2,1-5H3;1H/t16-,19-,20-,21-,25-,26-,27-,28-;/m0./s1. The van der Waals surface area contributed by atoms with E-state index in [4.69, 9.17) is 21.1 Å². The van der Waals surface area contributed by atoms with Gasteiger partial charge >= 0.3 is 11.9 Å². The predicted molar refractivity (Wildman–Crippen MR) is 140 cm³/mol. The van der Waals surface area contributed by atoms with Gasteiger partial charge < -0.3 is 14.6 Å². The zero-order chi connectivity index (χ0) is 26.7. The largest absolute Gasteiger partial charge is 0.457 e. The average Bonchev–Trinajstić information content (AvgIpc) is 3.05. The number of Topliss-reactive ketones (excluding diaryl/α,β-unsaturated/α-hetero) is 1. The predicted octanol–water partition coefficient (Wildman–Crippen LogP) is 4.51. The lowest BCUT2D eigenvalue weighted by Gasteiger charge is -2.64. The molecule has 4 rings (SSSR count). The number of aliphatic hydroxyl groups is 1. The molecule has 1 N–H and O–H groups in total. The van der Waals surface area contributed by atoms with Crippen molar-refractivity contribution in [1.82, 2.24) is 0 Å². The molecule has 0 aromatic carbocycles. The smallest absolute Gasteiger partial charge is 0.306 e. The van der Waals surface area contributed by atoms with Gasteiger partial charge in [0.1, 0.15) is 0 Å². The van der Waals surface area contributed by atoms with Crippen LogP contribution >= 0.6 is 24.0 Å². The number of ether oxygens (including phenoxy) is 2. The first kappa shape index (κ1) is 29.9. The quantitative estimate of drug-likeness (QED) is 0.378. The lowest BCUT2D eigenvalue weighted by molar-refractivity contribution is -0.203. The molecule has 7 nitrogen and oxygen atoms in total. The molecule has 206 valence electrons. The van der Waals surface area contributed by atoms with E-state index in [9.17, 15) is 24.3 Å². The summed E-state index contributed by atoms with van der Waals surface area (Å²) >= 11 is 7.48. The number of halogens is 2. The fraction of sp³-hybridized carbons (Fsp3) is 0.714. The molecule has 0 spiro atoms. The van der Waals surface area contributed by atoms with Gasteiger partial charge in [-0.25, -0.2) is 0 Å². The zero-order valence-corrected chi connectivity index (χ0v) is 23.7. The third-order valence-electron chi connectivity index (χ3n) is 9.81. The third kappa shape index (κ3) is 4.02. The van der Waals surface area contributed by atoms with Crippen molar-refractivity contribution < 1.29 is 33.8 Å². The normalized spacial score (nSPS) is 41.9. The monoisotopic (exact) mass is 556 g/mol. The number of alkyl halides is 1. The zero-order valence-electron chi connectivity index (χ0n) is 22.2. The molecule has 0 heterocycles. The van der Waals surface area contributed by atoms with E-state index in [0.29, 0.717) is 19.3 Å². The van der Waals surface area contributed by atoms with Gasteiger partial charge in [0, 0.05) is 29.6 Å².